The van der Waals surface area contributed by atoms with E-state index >= 15 is 0 Å². The van der Waals surface area contributed by atoms with Crippen LogP contribution in [0.5, 0.6) is 0 Å². The molecule has 6 aromatic rings. The largest absolute Gasteiger partial charge is 0.0616 e. The van der Waals surface area contributed by atoms with Crippen LogP contribution in [-0.2, 0) is 0 Å². The molecule has 136 valence electrons. The van der Waals surface area contributed by atoms with E-state index in [1.807, 2.05) is 0 Å². The van der Waals surface area contributed by atoms with E-state index < -0.39 is 0 Å². The molecular formula is C28H17Br. The molecule has 0 atom stereocenters. The Morgan fingerprint density at radius 3 is 1.59 bits per heavy atom. The Hall–Kier alpha value is -3.16. The molecule has 0 nitrogen and oxygen atoms in total. The van der Waals surface area contributed by atoms with Crippen LogP contribution in [0.15, 0.2) is 108 Å². The van der Waals surface area contributed by atoms with E-state index in [1.165, 1.54) is 54.2 Å². The molecule has 0 amide bonds. The molecule has 0 saturated heterocycles. The van der Waals surface area contributed by atoms with Crippen LogP contribution in [0.1, 0.15) is 0 Å². The maximum atomic E-state index is 3.85. The maximum absolute atomic E-state index is 3.85. The summed E-state index contributed by atoms with van der Waals surface area (Å²) in [6.07, 6.45) is 0. The SMILES string of the molecule is Brc1ccc2cc3ccccc3cc2c1-c1cccc2cc3ccccc3cc12. The van der Waals surface area contributed by atoms with Gasteiger partial charge in [0.1, 0.15) is 0 Å². The average Bonchev–Trinajstić information content (AvgIpc) is 2.76. The number of halogens is 1. The zero-order valence-corrected chi connectivity index (χ0v) is 17.3. The van der Waals surface area contributed by atoms with Crippen molar-refractivity contribution in [1.29, 1.82) is 0 Å². The number of hydrogen-bond acceptors (Lipinski definition) is 0. The van der Waals surface area contributed by atoms with Crippen LogP contribution in [0, 0.1) is 0 Å². The number of hydrogen-bond donors (Lipinski definition) is 0. The molecule has 0 N–H and O–H groups in total. The van der Waals surface area contributed by atoms with Crippen molar-refractivity contribution < 1.29 is 0 Å². The van der Waals surface area contributed by atoms with Gasteiger partial charge in [0.15, 0.2) is 0 Å². The summed E-state index contributed by atoms with van der Waals surface area (Å²) in [5, 5.41) is 10.2. The van der Waals surface area contributed by atoms with Crippen molar-refractivity contribution in [3.05, 3.63) is 108 Å². The lowest BCUT2D eigenvalue weighted by Crippen LogP contribution is -1.87. The summed E-state index contributed by atoms with van der Waals surface area (Å²) in [5.41, 5.74) is 2.52. The monoisotopic (exact) mass is 432 g/mol. The number of rotatable bonds is 1. The van der Waals surface area contributed by atoms with Gasteiger partial charge in [0.25, 0.3) is 0 Å². The minimum atomic E-state index is 1.13. The fourth-order valence-corrected chi connectivity index (χ4v) is 5.01. The summed E-state index contributed by atoms with van der Waals surface area (Å²) < 4.78 is 1.13. The van der Waals surface area contributed by atoms with Crippen molar-refractivity contribution in [3.63, 3.8) is 0 Å². The first kappa shape index (κ1) is 16.8. The maximum Gasteiger partial charge on any atom is 0.0260 e. The third-order valence-corrected chi connectivity index (χ3v) is 6.51. The number of benzene rings is 6. The van der Waals surface area contributed by atoms with Gasteiger partial charge >= 0.3 is 0 Å². The van der Waals surface area contributed by atoms with Crippen LogP contribution >= 0.6 is 15.9 Å². The molecule has 0 radical (unpaired) electrons. The Labute approximate surface area is 177 Å². The van der Waals surface area contributed by atoms with E-state index in [2.05, 4.69) is 119 Å². The van der Waals surface area contributed by atoms with E-state index in [-0.39, 0.29) is 0 Å². The summed E-state index contributed by atoms with van der Waals surface area (Å²) in [5.74, 6) is 0. The van der Waals surface area contributed by atoms with Crippen LogP contribution in [0.3, 0.4) is 0 Å². The van der Waals surface area contributed by atoms with Crippen LogP contribution in [-0.4, -0.2) is 0 Å². The lowest BCUT2D eigenvalue weighted by molar-refractivity contribution is 1.67. The van der Waals surface area contributed by atoms with Crippen LogP contribution in [0.4, 0.5) is 0 Å². The summed E-state index contributed by atoms with van der Waals surface area (Å²) in [6, 6.07) is 37.4. The average molecular weight is 433 g/mol. The van der Waals surface area contributed by atoms with Gasteiger partial charge in [-0.25, -0.2) is 0 Å². The molecule has 0 unspecified atom stereocenters. The molecule has 6 aromatic carbocycles. The van der Waals surface area contributed by atoms with Gasteiger partial charge in [-0.2, -0.15) is 0 Å². The Kier molecular flexibility index (Phi) is 3.72. The highest BCUT2D eigenvalue weighted by molar-refractivity contribution is 9.10. The molecule has 1 heteroatoms. The normalized spacial score (nSPS) is 11.6. The van der Waals surface area contributed by atoms with E-state index in [9.17, 15) is 0 Å². The van der Waals surface area contributed by atoms with Gasteiger partial charge in [-0.1, -0.05) is 88.7 Å². The first-order chi connectivity index (χ1) is 14.3. The second kappa shape index (κ2) is 6.43. The summed E-state index contributed by atoms with van der Waals surface area (Å²) in [6.45, 7) is 0. The third-order valence-electron chi connectivity index (χ3n) is 5.85. The minimum Gasteiger partial charge on any atom is -0.0616 e. The Balaban J connectivity index is 1.75. The zero-order chi connectivity index (χ0) is 19.4. The first-order valence-electron chi connectivity index (χ1n) is 9.81. The van der Waals surface area contributed by atoms with Gasteiger partial charge in [0.2, 0.25) is 0 Å². The molecule has 0 fully saturated rings. The second-order valence-electron chi connectivity index (χ2n) is 7.57. The third kappa shape index (κ3) is 2.66. The summed E-state index contributed by atoms with van der Waals surface area (Å²) >= 11 is 3.85. The molecule has 0 bridgehead atoms. The van der Waals surface area contributed by atoms with Gasteiger partial charge < -0.3 is 0 Å². The molecule has 0 saturated carbocycles. The molecular weight excluding hydrogens is 416 g/mol. The highest BCUT2D eigenvalue weighted by atomic mass is 79.9. The Bertz CT molecular complexity index is 1560. The molecule has 0 aliphatic rings. The topological polar surface area (TPSA) is 0 Å². The molecule has 29 heavy (non-hydrogen) atoms. The van der Waals surface area contributed by atoms with E-state index in [4.69, 9.17) is 0 Å². The Morgan fingerprint density at radius 1 is 0.414 bits per heavy atom. The standard InChI is InChI=1S/C28H17Br/c29-27-13-12-23-15-19-7-2-4-9-21(19)17-26(23)28(27)24-11-5-10-22-14-18-6-1-3-8-20(18)16-25(22)24/h1-17H. The highest BCUT2D eigenvalue weighted by Gasteiger charge is 2.13. The van der Waals surface area contributed by atoms with Crippen LogP contribution < -0.4 is 0 Å². The van der Waals surface area contributed by atoms with Gasteiger partial charge in [0, 0.05) is 10.0 Å². The fraction of sp³-hybridized carbons (Fsp3) is 0. The van der Waals surface area contributed by atoms with Gasteiger partial charge in [0.05, 0.1) is 0 Å². The molecule has 0 aliphatic heterocycles. The van der Waals surface area contributed by atoms with Gasteiger partial charge in [-0.3, -0.25) is 0 Å². The van der Waals surface area contributed by atoms with Crippen LogP contribution in [0.25, 0.3) is 54.2 Å². The summed E-state index contributed by atoms with van der Waals surface area (Å²) in [7, 11) is 0. The molecule has 0 spiro atoms. The van der Waals surface area contributed by atoms with Gasteiger partial charge in [-0.05, 0) is 79.0 Å². The van der Waals surface area contributed by atoms with E-state index in [0.29, 0.717) is 0 Å². The van der Waals surface area contributed by atoms with Crippen molar-refractivity contribution in [2.24, 2.45) is 0 Å². The quantitative estimate of drug-likeness (QED) is 0.228. The predicted octanol–water partition coefficient (Wildman–Crippen LogP) is 8.73. The smallest absolute Gasteiger partial charge is 0.0260 e. The van der Waals surface area contributed by atoms with Crippen molar-refractivity contribution in [3.8, 4) is 11.1 Å². The van der Waals surface area contributed by atoms with Crippen molar-refractivity contribution in [1.82, 2.24) is 0 Å². The predicted molar refractivity (Wildman–Crippen MR) is 130 cm³/mol. The molecule has 0 aromatic heterocycles. The van der Waals surface area contributed by atoms with Crippen LogP contribution in [0.2, 0.25) is 0 Å². The Morgan fingerprint density at radius 2 is 0.931 bits per heavy atom. The molecule has 0 aliphatic carbocycles. The van der Waals surface area contributed by atoms with Crippen molar-refractivity contribution >= 4 is 59.0 Å². The van der Waals surface area contributed by atoms with Gasteiger partial charge in [-0.15, -0.1) is 0 Å². The first-order valence-corrected chi connectivity index (χ1v) is 10.6. The lowest BCUT2D eigenvalue weighted by Gasteiger charge is -2.14. The van der Waals surface area contributed by atoms with Crippen molar-refractivity contribution in [2.45, 2.75) is 0 Å². The number of fused-ring (bicyclic) bond motifs is 4. The van der Waals surface area contributed by atoms with Crippen molar-refractivity contribution in [2.75, 3.05) is 0 Å². The molecule has 0 heterocycles. The highest BCUT2D eigenvalue weighted by Crippen LogP contribution is 2.41. The van der Waals surface area contributed by atoms with E-state index in [1.54, 1.807) is 0 Å². The second-order valence-corrected chi connectivity index (χ2v) is 8.42. The fourth-order valence-electron chi connectivity index (χ4n) is 4.45. The zero-order valence-electron chi connectivity index (χ0n) is 15.7. The van der Waals surface area contributed by atoms with E-state index in [0.717, 1.165) is 4.47 Å². The summed E-state index contributed by atoms with van der Waals surface area (Å²) in [4.78, 5) is 0. The molecule has 6 rings (SSSR count). The lowest BCUT2D eigenvalue weighted by atomic mass is 9.91. The minimum absolute atomic E-state index is 1.13.